The molecule has 1 N–H and O–H groups in total. The Morgan fingerprint density at radius 2 is 2.04 bits per heavy atom. The summed E-state index contributed by atoms with van der Waals surface area (Å²) in [5.74, 6) is -1.46. The minimum atomic E-state index is -0.837. The van der Waals surface area contributed by atoms with Crippen molar-refractivity contribution in [2.24, 2.45) is 5.92 Å². The molecule has 3 heterocycles. The number of carboxylic acid groups (broad SMARTS) is 1. The predicted molar refractivity (Wildman–Crippen MR) is 86.2 cm³/mol. The summed E-state index contributed by atoms with van der Waals surface area (Å²) in [7, 11) is 0. The maximum absolute atomic E-state index is 12.7. The van der Waals surface area contributed by atoms with Crippen LogP contribution in [0.2, 0.25) is 0 Å². The van der Waals surface area contributed by atoms with Crippen molar-refractivity contribution in [3.63, 3.8) is 0 Å². The lowest BCUT2D eigenvalue weighted by molar-refractivity contribution is -0.143. The fourth-order valence-corrected chi connectivity index (χ4v) is 3.61. The molecule has 7 heteroatoms. The van der Waals surface area contributed by atoms with Crippen LogP contribution in [0, 0.1) is 5.92 Å². The van der Waals surface area contributed by atoms with Gasteiger partial charge in [0.05, 0.1) is 12.1 Å². The van der Waals surface area contributed by atoms with Gasteiger partial charge in [0.1, 0.15) is 9.88 Å². The average molecular weight is 331 g/mol. The smallest absolute Gasteiger partial charge is 0.308 e. The van der Waals surface area contributed by atoms with E-state index in [1.807, 2.05) is 19.1 Å². The molecule has 0 aliphatic carbocycles. The molecule has 0 radical (unpaired) electrons. The van der Waals surface area contributed by atoms with E-state index in [0.29, 0.717) is 17.7 Å². The van der Waals surface area contributed by atoms with E-state index < -0.39 is 11.9 Å². The molecule has 120 valence electrons. The van der Waals surface area contributed by atoms with E-state index in [0.717, 1.165) is 10.6 Å². The van der Waals surface area contributed by atoms with Crippen LogP contribution in [0.5, 0.6) is 0 Å². The van der Waals surface area contributed by atoms with Crippen molar-refractivity contribution in [1.29, 1.82) is 0 Å². The number of aromatic nitrogens is 2. The van der Waals surface area contributed by atoms with E-state index in [1.165, 1.54) is 11.3 Å². The number of carbonyl (C=O) groups excluding carboxylic acids is 1. The number of thiazole rings is 1. The standard InChI is InChI=1S/C16H17N3O3S/c1-10-2-3-12(16(21)22)9-19(10)15(20)13-8-18-14(23-13)11-4-6-17-7-5-11/h4-8,10,12H,2-3,9H2,1H3,(H,21,22). The third-order valence-electron chi connectivity index (χ3n) is 4.14. The molecule has 1 saturated heterocycles. The van der Waals surface area contributed by atoms with E-state index in [2.05, 4.69) is 9.97 Å². The Labute approximate surface area is 137 Å². The number of carboxylic acids is 1. The number of aliphatic carboxylic acids is 1. The molecule has 2 aromatic rings. The normalized spacial score (nSPS) is 21.2. The topological polar surface area (TPSA) is 83.4 Å². The fraction of sp³-hybridized carbons (Fsp3) is 0.375. The van der Waals surface area contributed by atoms with Crippen LogP contribution in [0.3, 0.4) is 0 Å². The monoisotopic (exact) mass is 331 g/mol. The quantitative estimate of drug-likeness (QED) is 0.934. The number of likely N-dealkylation sites (tertiary alicyclic amines) is 1. The van der Waals surface area contributed by atoms with Crippen molar-refractivity contribution in [3.8, 4) is 10.6 Å². The zero-order chi connectivity index (χ0) is 16.4. The third-order valence-corrected chi connectivity index (χ3v) is 5.17. The highest BCUT2D eigenvalue weighted by Crippen LogP contribution is 2.28. The van der Waals surface area contributed by atoms with Gasteiger partial charge in [0.25, 0.3) is 5.91 Å². The Hall–Kier alpha value is -2.28. The van der Waals surface area contributed by atoms with Crippen LogP contribution in [-0.2, 0) is 4.79 Å². The fourth-order valence-electron chi connectivity index (χ4n) is 2.73. The first-order valence-electron chi connectivity index (χ1n) is 7.46. The van der Waals surface area contributed by atoms with Gasteiger partial charge in [-0.15, -0.1) is 11.3 Å². The summed E-state index contributed by atoms with van der Waals surface area (Å²) in [4.78, 5) is 34.4. The van der Waals surface area contributed by atoms with Gasteiger partial charge in [-0.2, -0.15) is 0 Å². The highest BCUT2D eigenvalue weighted by molar-refractivity contribution is 7.16. The van der Waals surface area contributed by atoms with Gasteiger partial charge in [0, 0.05) is 30.5 Å². The first kappa shape index (κ1) is 15.6. The minimum Gasteiger partial charge on any atom is -0.481 e. The first-order valence-corrected chi connectivity index (χ1v) is 8.28. The summed E-state index contributed by atoms with van der Waals surface area (Å²) in [5, 5.41) is 9.95. The van der Waals surface area contributed by atoms with E-state index in [1.54, 1.807) is 23.5 Å². The molecule has 1 aliphatic heterocycles. The lowest BCUT2D eigenvalue weighted by Crippen LogP contribution is -2.47. The Morgan fingerprint density at radius 3 is 2.74 bits per heavy atom. The number of pyridine rings is 1. The highest BCUT2D eigenvalue weighted by atomic mass is 32.1. The minimum absolute atomic E-state index is 0.0459. The maximum Gasteiger partial charge on any atom is 0.308 e. The van der Waals surface area contributed by atoms with E-state index in [9.17, 15) is 14.7 Å². The summed E-state index contributed by atoms with van der Waals surface area (Å²) >= 11 is 1.32. The van der Waals surface area contributed by atoms with Gasteiger partial charge in [-0.3, -0.25) is 14.6 Å². The van der Waals surface area contributed by atoms with Crippen molar-refractivity contribution in [1.82, 2.24) is 14.9 Å². The van der Waals surface area contributed by atoms with E-state index in [4.69, 9.17) is 0 Å². The van der Waals surface area contributed by atoms with Crippen molar-refractivity contribution >= 4 is 23.2 Å². The molecule has 23 heavy (non-hydrogen) atoms. The molecular weight excluding hydrogens is 314 g/mol. The van der Waals surface area contributed by atoms with Gasteiger partial charge in [0.15, 0.2) is 0 Å². The predicted octanol–water partition coefficient (Wildman–Crippen LogP) is 2.53. The van der Waals surface area contributed by atoms with Gasteiger partial charge in [-0.1, -0.05) is 0 Å². The Balaban J connectivity index is 1.80. The second-order valence-electron chi connectivity index (χ2n) is 5.68. The average Bonchev–Trinajstić information content (AvgIpc) is 3.05. The lowest BCUT2D eigenvalue weighted by Gasteiger charge is -2.36. The number of piperidine rings is 1. The Morgan fingerprint density at radius 1 is 1.30 bits per heavy atom. The van der Waals surface area contributed by atoms with Gasteiger partial charge in [-0.05, 0) is 31.9 Å². The van der Waals surface area contributed by atoms with Crippen LogP contribution in [0.25, 0.3) is 10.6 Å². The van der Waals surface area contributed by atoms with Gasteiger partial charge in [-0.25, -0.2) is 4.98 Å². The summed E-state index contributed by atoms with van der Waals surface area (Å²) in [6, 6.07) is 3.73. The summed E-state index contributed by atoms with van der Waals surface area (Å²) in [6.07, 6.45) is 6.26. The molecule has 0 saturated carbocycles. The molecule has 2 atom stereocenters. The van der Waals surface area contributed by atoms with Gasteiger partial charge < -0.3 is 10.0 Å². The molecule has 3 rings (SSSR count). The molecule has 2 unspecified atom stereocenters. The number of hydrogen-bond acceptors (Lipinski definition) is 5. The lowest BCUT2D eigenvalue weighted by atomic mass is 9.93. The van der Waals surface area contributed by atoms with Crippen molar-refractivity contribution < 1.29 is 14.7 Å². The third kappa shape index (κ3) is 3.24. The second kappa shape index (κ2) is 6.45. The van der Waals surface area contributed by atoms with Crippen LogP contribution in [0.4, 0.5) is 0 Å². The van der Waals surface area contributed by atoms with Crippen molar-refractivity contribution in [3.05, 3.63) is 35.6 Å². The Kier molecular flexibility index (Phi) is 4.38. The molecule has 1 amide bonds. The summed E-state index contributed by atoms with van der Waals surface area (Å²) < 4.78 is 0. The van der Waals surface area contributed by atoms with Crippen LogP contribution in [0.15, 0.2) is 30.7 Å². The molecule has 1 aliphatic rings. The first-order chi connectivity index (χ1) is 11.1. The van der Waals surface area contributed by atoms with Gasteiger partial charge in [0.2, 0.25) is 0 Å². The number of rotatable bonds is 3. The number of nitrogens with zero attached hydrogens (tertiary/aromatic N) is 3. The molecule has 0 aromatic carbocycles. The second-order valence-corrected chi connectivity index (χ2v) is 6.72. The number of hydrogen-bond donors (Lipinski definition) is 1. The summed E-state index contributed by atoms with van der Waals surface area (Å²) in [5.41, 5.74) is 0.916. The van der Waals surface area contributed by atoms with E-state index in [-0.39, 0.29) is 18.5 Å². The van der Waals surface area contributed by atoms with Crippen LogP contribution < -0.4 is 0 Å². The largest absolute Gasteiger partial charge is 0.481 e. The zero-order valence-corrected chi connectivity index (χ0v) is 13.5. The molecule has 0 spiro atoms. The molecule has 2 aromatic heterocycles. The summed E-state index contributed by atoms with van der Waals surface area (Å²) in [6.45, 7) is 2.22. The van der Waals surface area contributed by atoms with Crippen molar-refractivity contribution in [2.75, 3.05) is 6.54 Å². The SMILES string of the molecule is CC1CCC(C(=O)O)CN1C(=O)c1cnc(-c2ccncc2)s1. The van der Waals surface area contributed by atoms with E-state index >= 15 is 0 Å². The molecule has 1 fully saturated rings. The molecule has 0 bridgehead atoms. The molecular formula is C16H17N3O3S. The zero-order valence-electron chi connectivity index (χ0n) is 12.7. The Bertz CT molecular complexity index is 716. The number of amides is 1. The van der Waals surface area contributed by atoms with Crippen LogP contribution in [0.1, 0.15) is 29.4 Å². The number of carbonyl (C=O) groups is 2. The van der Waals surface area contributed by atoms with Crippen molar-refractivity contribution in [2.45, 2.75) is 25.8 Å². The van der Waals surface area contributed by atoms with Crippen LogP contribution in [-0.4, -0.2) is 44.4 Å². The van der Waals surface area contributed by atoms with Gasteiger partial charge >= 0.3 is 5.97 Å². The van der Waals surface area contributed by atoms with Crippen LogP contribution >= 0.6 is 11.3 Å². The maximum atomic E-state index is 12.7. The highest BCUT2D eigenvalue weighted by Gasteiger charge is 2.33. The molecule has 6 nitrogen and oxygen atoms in total.